The monoisotopic (exact) mass is 458 g/mol. The third-order valence-corrected chi connectivity index (χ3v) is 5.01. The van der Waals surface area contributed by atoms with Gasteiger partial charge in [0.2, 0.25) is 11.8 Å². The minimum Gasteiger partial charge on any atom is -0.355 e. The van der Waals surface area contributed by atoms with Crippen molar-refractivity contribution in [1.29, 1.82) is 0 Å². The lowest BCUT2D eigenvalue weighted by molar-refractivity contribution is -0.138. The van der Waals surface area contributed by atoms with Gasteiger partial charge in [0.15, 0.2) is 0 Å². The van der Waals surface area contributed by atoms with Crippen LogP contribution >= 0.6 is 0 Å². The molecule has 0 aliphatic heterocycles. The van der Waals surface area contributed by atoms with Crippen LogP contribution in [0.15, 0.2) is 54.6 Å². The molecular weight excluding hydrogens is 433 g/mol. The molecule has 3 aromatic rings. The number of hydrogen-bond donors (Lipinski definition) is 2. The summed E-state index contributed by atoms with van der Waals surface area (Å²) in [7, 11) is 0. The average Bonchev–Trinajstić information content (AvgIpc) is 3.10. The first kappa shape index (κ1) is 24.0. The molecule has 3 rings (SSSR count). The molecule has 0 bridgehead atoms. The highest BCUT2D eigenvalue weighted by atomic mass is 19.4. The van der Waals surface area contributed by atoms with Gasteiger partial charge in [0.25, 0.3) is 0 Å². The van der Waals surface area contributed by atoms with Gasteiger partial charge in [-0.25, -0.2) is 4.68 Å². The zero-order valence-corrected chi connectivity index (χ0v) is 18.4. The molecule has 0 saturated heterocycles. The van der Waals surface area contributed by atoms with Gasteiger partial charge in [-0.2, -0.15) is 18.3 Å². The lowest BCUT2D eigenvalue weighted by atomic mass is 10.1. The highest BCUT2D eigenvalue weighted by Gasteiger charge is 2.34. The molecular formula is C24H25F3N4O2. The quantitative estimate of drug-likeness (QED) is 0.538. The summed E-state index contributed by atoms with van der Waals surface area (Å²) < 4.78 is 42.4. The molecule has 0 fully saturated rings. The summed E-state index contributed by atoms with van der Waals surface area (Å²) in [6, 6.07) is 14.9. The Morgan fingerprint density at radius 1 is 0.970 bits per heavy atom. The van der Waals surface area contributed by atoms with Gasteiger partial charge >= 0.3 is 6.18 Å². The van der Waals surface area contributed by atoms with Crippen molar-refractivity contribution in [1.82, 2.24) is 20.4 Å². The van der Waals surface area contributed by atoms with Crippen LogP contribution in [0.5, 0.6) is 0 Å². The summed E-state index contributed by atoms with van der Waals surface area (Å²) in [6.45, 7) is 3.35. The molecule has 0 radical (unpaired) electrons. The van der Waals surface area contributed by atoms with E-state index < -0.39 is 17.6 Å². The van der Waals surface area contributed by atoms with Crippen LogP contribution in [0.4, 0.5) is 13.2 Å². The maximum Gasteiger partial charge on any atom is 0.416 e. The molecule has 1 aromatic heterocycles. The second kappa shape index (κ2) is 10.3. The largest absolute Gasteiger partial charge is 0.416 e. The summed E-state index contributed by atoms with van der Waals surface area (Å²) in [5.41, 5.74) is 1.69. The third-order valence-electron chi connectivity index (χ3n) is 5.01. The molecule has 2 aromatic carbocycles. The van der Waals surface area contributed by atoms with E-state index in [-0.39, 0.29) is 37.4 Å². The fraction of sp³-hybridized carbons (Fsp3) is 0.292. The average molecular weight is 458 g/mol. The Morgan fingerprint density at radius 2 is 1.70 bits per heavy atom. The predicted molar refractivity (Wildman–Crippen MR) is 118 cm³/mol. The van der Waals surface area contributed by atoms with E-state index in [2.05, 4.69) is 15.7 Å². The minimum atomic E-state index is -4.59. The molecule has 0 aliphatic rings. The molecule has 174 valence electrons. The lowest BCUT2D eigenvalue weighted by Gasteiger charge is -2.16. The molecule has 6 nitrogen and oxygen atoms in total. The summed E-state index contributed by atoms with van der Waals surface area (Å²) in [5, 5.41) is 9.36. The minimum absolute atomic E-state index is 0.0360. The van der Waals surface area contributed by atoms with E-state index in [1.165, 1.54) is 10.7 Å². The highest BCUT2D eigenvalue weighted by Crippen LogP contribution is 2.33. The van der Waals surface area contributed by atoms with Gasteiger partial charge in [-0.15, -0.1) is 0 Å². The standard InChI is InChI=1S/C24H25F3N4O2/c1-16-12-17(2)31(30-16)20-9-8-19(21(14-20)24(25,26)27)15-29-22(32)10-11-28-23(33)13-18-6-4-3-5-7-18/h3-9,12,14H,10-11,13,15H2,1-2H3,(H,28,33)(H,29,32). The van der Waals surface area contributed by atoms with E-state index >= 15 is 0 Å². The fourth-order valence-electron chi connectivity index (χ4n) is 3.45. The van der Waals surface area contributed by atoms with E-state index in [9.17, 15) is 22.8 Å². The molecule has 33 heavy (non-hydrogen) atoms. The molecule has 0 unspecified atom stereocenters. The molecule has 0 spiro atoms. The zero-order valence-electron chi connectivity index (χ0n) is 18.4. The summed E-state index contributed by atoms with van der Waals surface area (Å²) >= 11 is 0. The SMILES string of the molecule is Cc1cc(C)n(-c2ccc(CNC(=O)CCNC(=O)Cc3ccccc3)c(C(F)(F)F)c2)n1. The predicted octanol–water partition coefficient (Wildman–Crippen LogP) is 3.87. The van der Waals surface area contributed by atoms with E-state index in [0.29, 0.717) is 11.4 Å². The number of hydrogen-bond acceptors (Lipinski definition) is 3. The van der Waals surface area contributed by atoms with Crippen molar-refractivity contribution >= 4 is 11.8 Å². The van der Waals surface area contributed by atoms with Crippen LogP contribution in [0.3, 0.4) is 0 Å². The molecule has 0 atom stereocenters. The molecule has 1 heterocycles. The summed E-state index contributed by atoms with van der Waals surface area (Å²) in [6.07, 6.45) is -4.43. The van der Waals surface area contributed by atoms with Gasteiger partial charge < -0.3 is 10.6 Å². The van der Waals surface area contributed by atoms with Crippen LogP contribution in [-0.2, 0) is 28.7 Å². The number of aromatic nitrogens is 2. The first-order valence-corrected chi connectivity index (χ1v) is 10.4. The van der Waals surface area contributed by atoms with Crippen molar-refractivity contribution in [2.24, 2.45) is 0 Å². The van der Waals surface area contributed by atoms with Crippen LogP contribution in [0.2, 0.25) is 0 Å². The number of rotatable bonds is 8. The van der Waals surface area contributed by atoms with Gasteiger partial charge in [0, 0.05) is 25.2 Å². The number of alkyl halides is 3. The van der Waals surface area contributed by atoms with Crippen molar-refractivity contribution in [2.75, 3.05) is 6.54 Å². The van der Waals surface area contributed by atoms with Crippen molar-refractivity contribution in [3.63, 3.8) is 0 Å². The maximum absolute atomic E-state index is 13.7. The normalized spacial score (nSPS) is 11.3. The molecule has 2 amide bonds. The van der Waals surface area contributed by atoms with Crippen LogP contribution in [-0.4, -0.2) is 28.1 Å². The number of carbonyl (C=O) groups is 2. The van der Waals surface area contributed by atoms with Crippen molar-refractivity contribution < 1.29 is 22.8 Å². The van der Waals surface area contributed by atoms with E-state index in [1.807, 2.05) is 30.3 Å². The van der Waals surface area contributed by atoms with Gasteiger partial charge in [0.05, 0.1) is 23.4 Å². The van der Waals surface area contributed by atoms with Crippen LogP contribution < -0.4 is 10.6 Å². The van der Waals surface area contributed by atoms with Gasteiger partial charge in [-0.3, -0.25) is 9.59 Å². The van der Waals surface area contributed by atoms with Gasteiger partial charge in [-0.1, -0.05) is 36.4 Å². The third kappa shape index (κ3) is 6.68. The van der Waals surface area contributed by atoms with E-state index in [0.717, 1.165) is 17.3 Å². The molecule has 9 heteroatoms. The molecule has 0 saturated carbocycles. The smallest absolute Gasteiger partial charge is 0.355 e. The molecule has 2 N–H and O–H groups in total. The van der Waals surface area contributed by atoms with Crippen LogP contribution in [0, 0.1) is 13.8 Å². The number of aryl methyl sites for hydroxylation is 2. The van der Waals surface area contributed by atoms with Gasteiger partial charge in [-0.05, 0) is 43.2 Å². The topological polar surface area (TPSA) is 76.0 Å². The number of carbonyl (C=O) groups excluding carboxylic acids is 2. The Hall–Kier alpha value is -3.62. The maximum atomic E-state index is 13.7. The Kier molecular flexibility index (Phi) is 7.52. The summed E-state index contributed by atoms with van der Waals surface area (Å²) in [5.74, 6) is -0.682. The number of nitrogens with one attached hydrogen (secondary N) is 2. The second-order valence-corrected chi connectivity index (χ2v) is 7.72. The molecule has 0 aliphatic carbocycles. The first-order valence-electron chi connectivity index (χ1n) is 10.4. The van der Waals surface area contributed by atoms with Crippen molar-refractivity contribution in [2.45, 2.75) is 39.4 Å². The first-order chi connectivity index (χ1) is 15.6. The zero-order chi connectivity index (χ0) is 24.0. The Balaban J connectivity index is 1.57. The highest BCUT2D eigenvalue weighted by molar-refractivity contribution is 5.80. The Morgan fingerprint density at radius 3 is 2.33 bits per heavy atom. The second-order valence-electron chi connectivity index (χ2n) is 7.72. The Labute approximate surface area is 189 Å². The summed E-state index contributed by atoms with van der Waals surface area (Å²) in [4.78, 5) is 24.0. The Bertz CT molecular complexity index is 1120. The van der Waals surface area contributed by atoms with Gasteiger partial charge in [0.1, 0.15) is 0 Å². The van der Waals surface area contributed by atoms with Crippen molar-refractivity contribution in [3.05, 3.63) is 82.7 Å². The van der Waals surface area contributed by atoms with E-state index in [1.54, 1.807) is 26.0 Å². The van der Waals surface area contributed by atoms with E-state index in [4.69, 9.17) is 0 Å². The number of amides is 2. The van der Waals surface area contributed by atoms with Crippen LogP contribution in [0.25, 0.3) is 5.69 Å². The number of benzene rings is 2. The lowest BCUT2D eigenvalue weighted by Crippen LogP contribution is -2.31. The number of halogens is 3. The van der Waals surface area contributed by atoms with Crippen molar-refractivity contribution in [3.8, 4) is 5.69 Å². The van der Waals surface area contributed by atoms with Crippen LogP contribution in [0.1, 0.15) is 34.5 Å². The fourth-order valence-corrected chi connectivity index (χ4v) is 3.45. The number of nitrogens with zero attached hydrogens (tertiary/aromatic N) is 2.